The highest BCUT2D eigenvalue weighted by Crippen LogP contribution is 2.36. The molecule has 0 aliphatic rings. The number of nitrogens with one attached hydrogen (secondary N) is 1. The summed E-state index contributed by atoms with van der Waals surface area (Å²) < 4.78 is 10.6. The van der Waals surface area contributed by atoms with Crippen molar-refractivity contribution in [2.24, 2.45) is 0 Å². The molecule has 0 fully saturated rings. The molecular weight excluding hydrogens is 373 g/mol. The molecule has 124 valence electrons. The molecule has 1 heterocycles. The zero-order valence-corrected chi connectivity index (χ0v) is 15.0. The Labute approximate surface area is 153 Å². The number of rotatable bonds is 4. The highest BCUT2D eigenvalue weighted by molar-refractivity contribution is 6.42. The van der Waals surface area contributed by atoms with Gasteiger partial charge in [-0.2, -0.15) is 4.98 Å². The Morgan fingerprint density at radius 3 is 2.25 bits per heavy atom. The molecule has 0 atom stereocenters. The minimum atomic E-state index is 0.109. The Morgan fingerprint density at radius 1 is 0.875 bits per heavy atom. The van der Waals surface area contributed by atoms with E-state index in [2.05, 4.69) is 15.3 Å². The van der Waals surface area contributed by atoms with Crippen LogP contribution in [0, 0.1) is 0 Å². The van der Waals surface area contributed by atoms with Gasteiger partial charge in [0.25, 0.3) is 0 Å². The molecule has 0 amide bonds. The van der Waals surface area contributed by atoms with Crippen molar-refractivity contribution in [2.45, 2.75) is 0 Å². The van der Waals surface area contributed by atoms with Gasteiger partial charge in [-0.15, -0.1) is 0 Å². The summed E-state index contributed by atoms with van der Waals surface area (Å²) in [5, 5.41) is 4.91. The fourth-order valence-corrected chi connectivity index (χ4v) is 2.71. The highest BCUT2D eigenvalue weighted by atomic mass is 35.5. The van der Waals surface area contributed by atoms with Gasteiger partial charge in [-0.3, -0.25) is 0 Å². The van der Waals surface area contributed by atoms with E-state index < -0.39 is 0 Å². The monoisotopic (exact) mass is 383 g/mol. The van der Waals surface area contributed by atoms with E-state index >= 15 is 0 Å². The lowest BCUT2D eigenvalue weighted by Crippen LogP contribution is -1.99. The zero-order chi connectivity index (χ0) is 17.3. The molecule has 0 aliphatic heterocycles. The standard InChI is InChI=1S/C16H12Cl3N3O2/c1-23-13-6-9-12(7-14(13)24-2)21-16(19)22-15(9)20-8-3-4-10(17)11(18)5-8/h3-7H,1-2H3,(H,20,21,22). The van der Waals surface area contributed by atoms with Gasteiger partial charge in [0.2, 0.25) is 5.28 Å². The first kappa shape index (κ1) is 16.9. The number of halogens is 3. The molecule has 5 nitrogen and oxygen atoms in total. The summed E-state index contributed by atoms with van der Waals surface area (Å²) in [4.78, 5) is 8.48. The summed E-state index contributed by atoms with van der Waals surface area (Å²) >= 11 is 18.0. The largest absolute Gasteiger partial charge is 0.493 e. The van der Waals surface area contributed by atoms with Crippen molar-refractivity contribution in [1.29, 1.82) is 0 Å². The maximum absolute atomic E-state index is 6.05. The second-order valence-electron chi connectivity index (χ2n) is 4.82. The molecule has 0 bridgehead atoms. The summed E-state index contributed by atoms with van der Waals surface area (Å²) in [6.45, 7) is 0. The lowest BCUT2D eigenvalue weighted by atomic mass is 10.2. The van der Waals surface area contributed by atoms with E-state index in [9.17, 15) is 0 Å². The summed E-state index contributed by atoms with van der Waals surface area (Å²) in [6, 6.07) is 8.70. The van der Waals surface area contributed by atoms with Gasteiger partial charge in [0.15, 0.2) is 11.5 Å². The van der Waals surface area contributed by atoms with Crippen LogP contribution in [0.5, 0.6) is 11.5 Å². The molecular formula is C16H12Cl3N3O2. The van der Waals surface area contributed by atoms with E-state index in [0.717, 1.165) is 11.1 Å². The van der Waals surface area contributed by atoms with Gasteiger partial charge in [0, 0.05) is 17.1 Å². The summed E-state index contributed by atoms with van der Waals surface area (Å²) in [6.07, 6.45) is 0. The van der Waals surface area contributed by atoms with Crippen LogP contribution in [0.1, 0.15) is 0 Å². The zero-order valence-electron chi connectivity index (χ0n) is 12.7. The van der Waals surface area contributed by atoms with Gasteiger partial charge in [0.05, 0.1) is 29.8 Å². The molecule has 1 N–H and O–H groups in total. The Bertz CT molecular complexity index is 919. The molecule has 0 saturated carbocycles. The van der Waals surface area contributed by atoms with Crippen LogP contribution in [0.25, 0.3) is 10.9 Å². The number of nitrogens with zero attached hydrogens (tertiary/aromatic N) is 2. The third-order valence-electron chi connectivity index (χ3n) is 3.36. The molecule has 3 aromatic rings. The fourth-order valence-electron chi connectivity index (χ4n) is 2.23. The number of fused-ring (bicyclic) bond motifs is 1. The Morgan fingerprint density at radius 2 is 1.58 bits per heavy atom. The normalized spacial score (nSPS) is 10.7. The summed E-state index contributed by atoms with van der Waals surface area (Å²) in [7, 11) is 3.12. The Kier molecular flexibility index (Phi) is 4.85. The number of ether oxygens (including phenoxy) is 2. The first-order valence-electron chi connectivity index (χ1n) is 6.83. The number of benzene rings is 2. The van der Waals surface area contributed by atoms with Crippen molar-refractivity contribution in [3.05, 3.63) is 45.7 Å². The molecule has 0 spiro atoms. The van der Waals surface area contributed by atoms with Crippen molar-refractivity contribution < 1.29 is 9.47 Å². The van der Waals surface area contributed by atoms with E-state index in [1.165, 1.54) is 0 Å². The number of aromatic nitrogens is 2. The minimum absolute atomic E-state index is 0.109. The fraction of sp³-hybridized carbons (Fsp3) is 0.125. The van der Waals surface area contributed by atoms with Crippen LogP contribution in [-0.2, 0) is 0 Å². The van der Waals surface area contributed by atoms with E-state index in [1.54, 1.807) is 44.6 Å². The quantitative estimate of drug-likeness (QED) is 0.614. The van der Waals surface area contributed by atoms with Crippen LogP contribution in [0.4, 0.5) is 11.5 Å². The lowest BCUT2D eigenvalue weighted by Gasteiger charge is -2.13. The van der Waals surface area contributed by atoms with Crippen molar-refractivity contribution >= 4 is 57.2 Å². The number of methoxy groups -OCH3 is 2. The van der Waals surface area contributed by atoms with Gasteiger partial charge >= 0.3 is 0 Å². The van der Waals surface area contributed by atoms with E-state index in [0.29, 0.717) is 32.9 Å². The topological polar surface area (TPSA) is 56.3 Å². The highest BCUT2D eigenvalue weighted by Gasteiger charge is 2.13. The van der Waals surface area contributed by atoms with Crippen LogP contribution in [0.15, 0.2) is 30.3 Å². The molecule has 0 unspecified atom stereocenters. The molecule has 1 aromatic heterocycles. The molecule has 2 aromatic carbocycles. The SMILES string of the molecule is COc1cc2nc(Cl)nc(Nc3ccc(Cl)c(Cl)c3)c2cc1OC. The van der Waals surface area contributed by atoms with E-state index in [1.807, 2.05) is 0 Å². The van der Waals surface area contributed by atoms with Gasteiger partial charge in [-0.05, 0) is 35.9 Å². The van der Waals surface area contributed by atoms with E-state index in [4.69, 9.17) is 44.3 Å². The maximum Gasteiger partial charge on any atom is 0.224 e. The van der Waals surface area contributed by atoms with Crippen molar-refractivity contribution in [3.8, 4) is 11.5 Å². The predicted octanol–water partition coefficient (Wildman–Crippen LogP) is 5.35. The van der Waals surface area contributed by atoms with Gasteiger partial charge < -0.3 is 14.8 Å². The van der Waals surface area contributed by atoms with Crippen LogP contribution in [-0.4, -0.2) is 24.2 Å². The Hall–Kier alpha value is -1.95. The van der Waals surface area contributed by atoms with Gasteiger partial charge in [-0.1, -0.05) is 23.2 Å². The first-order chi connectivity index (χ1) is 11.5. The molecule has 24 heavy (non-hydrogen) atoms. The number of hydrogen-bond donors (Lipinski definition) is 1. The smallest absolute Gasteiger partial charge is 0.224 e. The van der Waals surface area contributed by atoms with Crippen LogP contribution >= 0.6 is 34.8 Å². The second-order valence-corrected chi connectivity index (χ2v) is 5.97. The van der Waals surface area contributed by atoms with Crippen LogP contribution in [0.2, 0.25) is 15.3 Å². The van der Waals surface area contributed by atoms with Crippen molar-refractivity contribution in [2.75, 3.05) is 19.5 Å². The number of anilines is 2. The number of hydrogen-bond acceptors (Lipinski definition) is 5. The lowest BCUT2D eigenvalue weighted by molar-refractivity contribution is 0.356. The summed E-state index contributed by atoms with van der Waals surface area (Å²) in [5.41, 5.74) is 1.34. The minimum Gasteiger partial charge on any atom is -0.493 e. The third kappa shape index (κ3) is 3.29. The average molecular weight is 385 g/mol. The molecule has 0 saturated heterocycles. The van der Waals surface area contributed by atoms with Crippen molar-refractivity contribution in [1.82, 2.24) is 9.97 Å². The second kappa shape index (κ2) is 6.89. The first-order valence-corrected chi connectivity index (χ1v) is 7.96. The molecule has 0 radical (unpaired) electrons. The third-order valence-corrected chi connectivity index (χ3v) is 4.26. The molecule has 0 aliphatic carbocycles. The predicted molar refractivity (Wildman–Crippen MR) is 97.4 cm³/mol. The average Bonchev–Trinajstić information content (AvgIpc) is 2.57. The van der Waals surface area contributed by atoms with Gasteiger partial charge in [-0.25, -0.2) is 4.98 Å². The van der Waals surface area contributed by atoms with E-state index in [-0.39, 0.29) is 5.28 Å². The van der Waals surface area contributed by atoms with Gasteiger partial charge in [0.1, 0.15) is 5.82 Å². The molecule has 3 rings (SSSR count). The van der Waals surface area contributed by atoms with Crippen LogP contribution < -0.4 is 14.8 Å². The summed E-state index contributed by atoms with van der Waals surface area (Å²) in [5.74, 6) is 1.64. The van der Waals surface area contributed by atoms with Crippen LogP contribution in [0.3, 0.4) is 0 Å². The Balaban J connectivity index is 2.13. The van der Waals surface area contributed by atoms with Crippen molar-refractivity contribution in [3.63, 3.8) is 0 Å². The molecule has 8 heteroatoms. The maximum atomic E-state index is 6.05.